The first-order chi connectivity index (χ1) is 17.4. The third kappa shape index (κ3) is 4.85. The van der Waals surface area contributed by atoms with E-state index in [0.717, 1.165) is 57.7 Å². The van der Waals surface area contributed by atoms with Crippen molar-refractivity contribution in [1.29, 1.82) is 0 Å². The molecule has 4 heteroatoms. The molecule has 1 N–H and O–H groups in total. The number of aryl methyl sites for hydroxylation is 3. The summed E-state index contributed by atoms with van der Waals surface area (Å²) in [7, 11) is 2.03. The molecule has 0 unspecified atom stereocenters. The van der Waals surface area contributed by atoms with Crippen molar-refractivity contribution in [1.82, 2.24) is 9.88 Å². The number of rotatable bonds is 8. The summed E-state index contributed by atoms with van der Waals surface area (Å²) in [4.78, 5) is 10.1. The predicted octanol–water partition coefficient (Wildman–Crippen LogP) is 6.65. The molecular formula is C32H44N4. The number of aromatic nitrogens is 1. The molecule has 0 bridgehead atoms. The van der Waals surface area contributed by atoms with Crippen LogP contribution in [0.15, 0.2) is 55.4 Å². The third-order valence-electron chi connectivity index (χ3n) is 9.02. The summed E-state index contributed by atoms with van der Waals surface area (Å²) in [5.74, 6) is 2.02. The van der Waals surface area contributed by atoms with Gasteiger partial charge in [0.2, 0.25) is 0 Å². The second-order valence-electron chi connectivity index (χ2n) is 11.6. The smallest absolute Gasteiger partial charge is 0.136 e. The number of nitrogens with zero attached hydrogens (tertiary/aromatic N) is 3. The summed E-state index contributed by atoms with van der Waals surface area (Å²) in [6.07, 6.45) is 13.6. The summed E-state index contributed by atoms with van der Waals surface area (Å²) < 4.78 is 0. The molecule has 5 rings (SSSR count). The lowest BCUT2D eigenvalue weighted by Gasteiger charge is -2.45. The minimum atomic E-state index is 0.0669. The second-order valence-corrected chi connectivity index (χ2v) is 11.6. The number of allylic oxidation sites excluding steroid dienone is 2. The van der Waals surface area contributed by atoms with Gasteiger partial charge in [-0.15, -0.1) is 6.58 Å². The zero-order valence-corrected chi connectivity index (χ0v) is 22.7. The summed E-state index contributed by atoms with van der Waals surface area (Å²) in [6, 6.07) is 9.80. The Morgan fingerprint density at radius 3 is 2.64 bits per heavy atom. The summed E-state index contributed by atoms with van der Waals surface area (Å²) in [6.45, 7) is 16.6. The third-order valence-corrected chi connectivity index (χ3v) is 9.02. The van der Waals surface area contributed by atoms with E-state index in [1.807, 2.05) is 7.05 Å². The molecule has 1 aliphatic carbocycles. The zero-order valence-electron chi connectivity index (χ0n) is 22.7. The summed E-state index contributed by atoms with van der Waals surface area (Å²) in [5.41, 5.74) is 8.10. The van der Waals surface area contributed by atoms with Crippen LogP contribution in [0.2, 0.25) is 0 Å². The summed E-state index contributed by atoms with van der Waals surface area (Å²) in [5, 5.41) is 3.41. The highest BCUT2D eigenvalue weighted by molar-refractivity contribution is 5.58. The molecule has 36 heavy (non-hydrogen) atoms. The molecule has 0 amide bonds. The van der Waals surface area contributed by atoms with Crippen LogP contribution in [0.3, 0.4) is 0 Å². The van der Waals surface area contributed by atoms with E-state index < -0.39 is 0 Å². The van der Waals surface area contributed by atoms with Crippen molar-refractivity contribution >= 4 is 11.5 Å². The van der Waals surface area contributed by atoms with E-state index in [1.165, 1.54) is 58.7 Å². The van der Waals surface area contributed by atoms with Gasteiger partial charge < -0.3 is 15.1 Å². The fourth-order valence-electron chi connectivity index (χ4n) is 6.70. The van der Waals surface area contributed by atoms with Crippen molar-refractivity contribution in [2.45, 2.75) is 76.7 Å². The quantitative estimate of drug-likeness (QED) is 0.425. The molecule has 0 radical (unpaired) electrons. The van der Waals surface area contributed by atoms with Crippen molar-refractivity contribution in [3.8, 4) is 0 Å². The van der Waals surface area contributed by atoms with Crippen LogP contribution in [0, 0.1) is 12.8 Å². The van der Waals surface area contributed by atoms with Gasteiger partial charge in [-0.1, -0.05) is 43.3 Å². The van der Waals surface area contributed by atoms with Crippen LogP contribution < -0.4 is 10.2 Å². The van der Waals surface area contributed by atoms with Gasteiger partial charge in [0.15, 0.2) is 0 Å². The van der Waals surface area contributed by atoms with Crippen molar-refractivity contribution in [2.75, 3.05) is 36.9 Å². The Morgan fingerprint density at radius 1 is 1.17 bits per heavy atom. The molecule has 0 atom stereocenters. The largest absolute Gasteiger partial charge is 0.388 e. The predicted molar refractivity (Wildman–Crippen MR) is 153 cm³/mol. The Labute approximate surface area is 218 Å². The number of fused-ring (bicyclic) bond motifs is 1. The molecule has 1 aromatic carbocycles. The molecular weight excluding hydrogens is 440 g/mol. The van der Waals surface area contributed by atoms with Crippen LogP contribution in [-0.2, 0) is 18.3 Å². The van der Waals surface area contributed by atoms with Crippen molar-refractivity contribution in [2.24, 2.45) is 5.92 Å². The normalized spacial score (nSPS) is 23.6. The van der Waals surface area contributed by atoms with E-state index in [-0.39, 0.29) is 5.41 Å². The molecule has 4 nitrogen and oxygen atoms in total. The number of hydrogen-bond acceptors (Lipinski definition) is 4. The fraction of sp³-hybridized carbons (Fsp3) is 0.531. The fourth-order valence-corrected chi connectivity index (χ4v) is 6.70. The molecule has 2 fully saturated rings. The molecule has 2 aliphatic heterocycles. The number of nitrogens with one attached hydrogen (secondary N) is 1. The maximum atomic E-state index is 4.97. The van der Waals surface area contributed by atoms with Gasteiger partial charge in [-0.3, -0.25) is 0 Å². The first kappa shape index (κ1) is 25.1. The highest BCUT2D eigenvalue weighted by Gasteiger charge is 2.36. The SMILES string of the molecule is C=CC1(c2cc(C)ccc2NC)CCN(CCCc2cnc3c(c2)CCC(=C)N3C2CC(C)C2)CC1. The monoisotopic (exact) mass is 484 g/mol. The standard InChI is InChI=1S/C32H44N4/c1-6-32(29-20-23(2)9-12-30(29)33-5)13-16-35(17-14-32)15-7-8-26-21-27-11-10-25(4)36(31(27)34-22-26)28-18-24(3)19-28/h6,9,12,20-22,24,28,33H,1,4,7-8,10-11,13-19H2,2-3,5H3. The maximum Gasteiger partial charge on any atom is 0.136 e. The number of pyridine rings is 1. The number of benzene rings is 1. The first-order valence-corrected chi connectivity index (χ1v) is 14.0. The first-order valence-electron chi connectivity index (χ1n) is 14.0. The Bertz CT molecular complexity index is 1110. The van der Waals surface area contributed by atoms with E-state index in [2.05, 4.69) is 78.7 Å². The Kier molecular flexibility index (Phi) is 7.25. The molecule has 0 spiro atoms. The lowest BCUT2D eigenvalue weighted by molar-refractivity contribution is 0.182. The molecule has 1 aromatic heterocycles. The minimum absolute atomic E-state index is 0.0669. The number of piperidine rings is 1. The van der Waals surface area contributed by atoms with E-state index >= 15 is 0 Å². The average Bonchev–Trinajstić information content (AvgIpc) is 2.88. The van der Waals surface area contributed by atoms with E-state index in [1.54, 1.807) is 0 Å². The molecule has 2 aromatic rings. The minimum Gasteiger partial charge on any atom is -0.388 e. The summed E-state index contributed by atoms with van der Waals surface area (Å²) >= 11 is 0. The average molecular weight is 485 g/mol. The second kappa shape index (κ2) is 10.4. The van der Waals surface area contributed by atoms with Gasteiger partial charge in [0.1, 0.15) is 5.82 Å². The lowest BCUT2D eigenvalue weighted by Crippen LogP contribution is -2.45. The van der Waals surface area contributed by atoms with Gasteiger partial charge in [0.05, 0.1) is 0 Å². The van der Waals surface area contributed by atoms with Gasteiger partial charge in [0.25, 0.3) is 0 Å². The van der Waals surface area contributed by atoms with Gasteiger partial charge in [-0.25, -0.2) is 4.98 Å². The lowest BCUT2D eigenvalue weighted by atomic mass is 9.72. The number of anilines is 2. The highest BCUT2D eigenvalue weighted by atomic mass is 15.2. The van der Waals surface area contributed by atoms with Gasteiger partial charge in [-0.2, -0.15) is 0 Å². The zero-order chi connectivity index (χ0) is 25.3. The Morgan fingerprint density at radius 2 is 1.94 bits per heavy atom. The number of likely N-dealkylation sites (tertiary alicyclic amines) is 1. The molecule has 3 aliphatic rings. The van der Waals surface area contributed by atoms with E-state index in [9.17, 15) is 0 Å². The van der Waals surface area contributed by atoms with Crippen LogP contribution in [0.25, 0.3) is 0 Å². The van der Waals surface area contributed by atoms with Crippen molar-refractivity contribution < 1.29 is 0 Å². The van der Waals surface area contributed by atoms with Crippen LogP contribution in [-0.4, -0.2) is 42.6 Å². The van der Waals surface area contributed by atoms with Crippen LogP contribution in [0.4, 0.5) is 11.5 Å². The van der Waals surface area contributed by atoms with Crippen LogP contribution in [0.5, 0.6) is 0 Å². The molecule has 192 valence electrons. The molecule has 3 heterocycles. The van der Waals surface area contributed by atoms with Crippen LogP contribution >= 0.6 is 0 Å². The van der Waals surface area contributed by atoms with Crippen LogP contribution in [0.1, 0.15) is 67.7 Å². The van der Waals surface area contributed by atoms with E-state index in [0.29, 0.717) is 6.04 Å². The van der Waals surface area contributed by atoms with Gasteiger partial charge >= 0.3 is 0 Å². The van der Waals surface area contributed by atoms with Crippen molar-refractivity contribution in [3.63, 3.8) is 0 Å². The topological polar surface area (TPSA) is 31.4 Å². The van der Waals surface area contributed by atoms with E-state index in [4.69, 9.17) is 4.98 Å². The number of hydrogen-bond donors (Lipinski definition) is 1. The molecule has 1 saturated heterocycles. The van der Waals surface area contributed by atoms with Crippen molar-refractivity contribution in [3.05, 3.63) is 77.6 Å². The Balaban J connectivity index is 1.17. The molecule has 1 saturated carbocycles. The maximum absolute atomic E-state index is 4.97. The highest BCUT2D eigenvalue weighted by Crippen LogP contribution is 2.42. The van der Waals surface area contributed by atoms with Gasteiger partial charge in [-0.05, 0) is 107 Å². The Hall–Kier alpha value is -2.59. The van der Waals surface area contributed by atoms with Gasteiger partial charge in [0, 0.05) is 36.1 Å².